The predicted octanol–water partition coefficient (Wildman–Crippen LogP) is 1.82. The van der Waals surface area contributed by atoms with E-state index >= 15 is 0 Å². The summed E-state index contributed by atoms with van der Waals surface area (Å²) in [5, 5.41) is 4.34. The van der Waals surface area contributed by atoms with Gasteiger partial charge in [0.05, 0.1) is 0 Å². The largest absolute Gasteiger partial charge is 0.317 e. The lowest BCUT2D eigenvalue weighted by Crippen LogP contribution is -2.26. The first-order chi connectivity index (χ1) is 6.81. The van der Waals surface area contributed by atoms with E-state index in [0.717, 1.165) is 6.42 Å². The van der Waals surface area contributed by atoms with Crippen molar-refractivity contribution in [3.63, 3.8) is 0 Å². The molecule has 1 N–H and O–H groups in total. The normalized spacial score (nSPS) is 36.4. The zero-order valence-corrected chi connectivity index (χ0v) is 9.81. The van der Waals surface area contributed by atoms with Crippen LogP contribution in [0.1, 0.15) is 44.9 Å². The summed E-state index contributed by atoms with van der Waals surface area (Å²) in [7, 11) is 1.49. The molecule has 0 saturated heterocycles. The Morgan fingerprint density at radius 2 is 1.79 bits per heavy atom. The van der Waals surface area contributed by atoms with Crippen LogP contribution in [0.15, 0.2) is 0 Å². The minimum atomic E-state index is -0.533. The Kier molecular flexibility index (Phi) is 3.61. The van der Waals surface area contributed by atoms with Crippen LogP contribution < -0.4 is 5.32 Å². The third-order valence-electron chi connectivity index (χ3n) is 3.75. The summed E-state index contributed by atoms with van der Waals surface area (Å²) in [5.41, 5.74) is 0. The Morgan fingerprint density at radius 3 is 2.36 bits per heavy atom. The third kappa shape index (κ3) is 2.19. The first kappa shape index (κ1) is 10.6. The van der Waals surface area contributed by atoms with E-state index in [1.165, 1.54) is 38.5 Å². The van der Waals surface area contributed by atoms with Crippen molar-refractivity contribution in [3.8, 4) is 0 Å². The number of nitrogens with one attached hydrogen (secondary N) is 1. The second-order valence-electron chi connectivity index (χ2n) is 4.66. The van der Waals surface area contributed by atoms with Crippen LogP contribution in [0.5, 0.6) is 0 Å². The molecular formula is C11H21NOS. The maximum Gasteiger partial charge on any atom is 0.0366 e. The topological polar surface area (TPSA) is 29.1 Å². The van der Waals surface area contributed by atoms with E-state index in [1.54, 1.807) is 0 Å². The Hall–Kier alpha value is 0.110. The molecule has 2 saturated carbocycles. The van der Waals surface area contributed by atoms with Crippen molar-refractivity contribution in [2.24, 2.45) is 0 Å². The summed E-state index contributed by atoms with van der Waals surface area (Å²) in [5.74, 6) is 0. The second-order valence-corrected chi connectivity index (χ2v) is 6.65. The van der Waals surface area contributed by atoms with E-state index in [2.05, 4.69) is 5.32 Å². The van der Waals surface area contributed by atoms with Crippen molar-refractivity contribution >= 4 is 10.8 Å². The van der Waals surface area contributed by atoms with Gasteiger partial charge in [0.15, 0.2) is 0 Å². The predicted molar refractivity (Wildman–Crippen MR) is 60.9 cm³/mol. The zero-order chi connectivity index (χ0) is 9.97. The highest BCUT2D eigenvalue weighted by molar-refractivity contribution is 7.86. The van der Waals surface area contributed by atoms with Gasteiger partial charge in [-0.25, -0.2) is 0 Å². The Bertz CT molecular complexity index is 213. The van der Waals surface area contributed by atoms with E-state index in [-0.39, 0.29) is 0 Å². The molecule has 3 unspecified atom stereocenters. The fourth-order valence-electron chi connectivity index (χ4n) is 2.81. The monoisotopic (exact) mass is 215 g/mol. The van der Waals surface area contributed by atoms with Crippen LogP contribution in [0.25, 0.3) is 0 Å². The van der Waals surface area contributed by atoms with E-state index in [9.17, 15) is 4.21 Å². The highest BCUT2D eigenvalue weighted by Gasteiger charge is 2.33. The molecular weight excluding hydrogens is 194 g/mol. The molecule has 0 aromatic heterocycles. The van der Waals surface area contributed by atoms with Gasteiger partial charge in [-0.1, -0.05) is 12.8 Å². The number of hydrogen-bond acceptors (Lipinski definition) is 2. The van der Waals surface area contributed by atoms with Gasteiger partial charge in [0.2, 0.25) is 0 Å². The molecule has 3 heteroatoms. The van der Waals surface area contributed by atoms with Gasteiger partial charge in [-0.05, 0) is 39.2 Å². The SMILES string of the molecule is CNC1CCC(S(=O)C2CCCC2)C1. The lowest BCUT2D eigenvalue weighted by atomic mass is 10.3. The minimum absolute atomic E-state index is 0.496. The molecule has 2 aliphatic carbocycles. The van der Waals surface area contributed by atoms with Gasteiger partial charge < -0.3 is 5.32 Å². The smallest absolute Gasteiger partial charge is 0.0366 e. The van der Waals surface area contributed by atoms with Crippen molar-refractivity contribution in [2.75, 3.05) is 7.05 Å². The van der Waals surface area contributed by atoms with Crippen LogP contribution in [0.4, 0.5) is 0 Å². The molecule has 2 rings (SSSR count). The zero-order valence-electron chi connectivity index (χ0n) is 9.00. The van der Waals surface area contributed by atoms with Crippen molar-refractivity contribution in [1.29, 1.82) is 0 Å². The van der Waals surface area contributed by atoms with E-state index in [4.69, 9.17) is 0 Å². The van der Waals surface area contributed by atoms with Gasteiger partial charge in [-0.15, -0.1) is 0 Å². The lowest BCUT2D eigenvalue weighted by molar-refractivity contribution is 0.580. The van der Waals surface area contributed by atoms with E-state index in [0.29, 0.717) is 16.5 Å². The summed E-state index contributed by atoms with van der Waals surface area (Å²) >= 11 is 0. The Morgan fingerprint density at radius 1 is 1.07 bits per heavy atom. The Balaban J connectivity index is 1.86. The van der Waals surface area contributed by atoms with Crippen LogP contribution >= 0.6 is 0 Å². The lowest BCUT2D eigenvalue weighted by Gasteiger charge is -2.15. The second kappa shape index (κ2) is 4.75. The molecule has 0 spiro atoms. The average Bonchev–Trinajstić information content (AvgIpc) is 2.88. The molecule has 2 nitrogen and oxygen atoms in total. The summed E-state index contributed by atoms with van der Waals surface area (Å²) in [6.45, 7) is 0. The van der Waals surface area contributed by atoms with Crippen LogP contribution in [-0.4, -0.2) is 27.8 Å². The number of hydrogen-bond donors (Lipinski definition) is 1. The summed E-state index contributed by atoms with van der Waals surface area (Å²) in [6, 6.07) is 0.630. The first-order valence-corrected chi connectivity index (χ1v) is 7.15. The molecule has 0 heterocycles. The van der Waals surface area contributed by atoms with Crippen LogP contribution in [0.3, 0.4) is 0 Å². The molecule has 0 aliphatic heterocycles. The standard InChI is InChI=1S/C11H21NOS/c1-12-9-6-7-11(8-9)14(13)10-4-2-3-5-10/h9-12H,2-8H2,1H3. The van der Waals surface area contributed by atoms with Gasteiger partial charge in [0.25, 0.3) is 0 Å². The van der Waals surface area contributed by atoms with Crippen LogP contribution in [-0.2, 0) is 10.8 Å². The Labute approximate surface area is 89.3 Å². The van der Waals surface area contributed by atoms with Crippen molar-refractivity contribution in [2.45, 2.75) is 61.5 Å². The van der Waals surface area contributed by atoms with E-state index < -0.39 is 10.8 Å². The van der Waals surface area contributed by atoms with Gasteiger partial charge >= 0.3 is 0 Å². The maximum atomic E-state index is 12.2. The summed E-state index contributed by atoms with van der Waals surface area (Å²) < 4.78 is 12.2. The molecule has 2 aliphatic rings. The molecule has 0 aromatic carbocycles. The van der Waals surface area contributed by atoms with Gasteiger partial charge in [-0.2, -0.15) is 0 Å². The summed E-state index contributed by atoms with van der Waals surface area (Å²) in [6.07, 6.45) is 8.58. The van der Waals surface area contributed by atoms with Crippen LogP contribution in [0, 0.1) is 0 Å². The third-order valence-corrected chi connectivity index (χ3v) is 5.97. The molecule has 2 fully saturated rings. The highest BCUT2D eigenvalue weighted by atomic mass is 32.2. The average molecular weight is 215 g/mol. The van der Waals surface area contributed by atoms with Gasteiger partial charge in [0.1, 0.15) is 0 Å². The maximum absolute atomic E-state index is 12.2. The molecule has 0 amide bonds. The fourth-order valence-corrected chi connectivity index (χ4v) is 4.94. The molecule has 0 bridgehead atoms. The number of rotatable bonds is 3. The van der Waals surface area contributed by atoms with Crippen LogP contribution in [0.2, 0.25) is 0 Å². The first-order valence-electron chi connectivity index (χ1n) is 5.88. The van der Waals surface area contributed by atoms with Gasteiger partial charge in [-0.3, -0.25) is 4.21 Å². The quantitative estimate of drug-likeness (QED) is 0.778. The molecule has 14 heavy (non-hydrogen) atoms. The molecule has 0 aromatic rings. The minimum Gasteiger partial charge on any atom is -0.317 e. The summed E-state index contributed by atoms with van der Waals surface area (Å²) in [4.78, 5) is 0. The van der Waals surface area contributed by atoms with Gasteiger partial charge in [0, 0.05) is 27.3 Å². The van der Waals surface area contributed by atoms with Crippen molar-refractivity contribution in [1.82, 2.24) is 5.32 Å². The molecule has 82 valence electrons. The molecule has 3 atom stereocenters. The van der Waals surface area contributed by atoms with E-state index in [1.807, 2.05) is 7.05 Å². The van der Waals surface area contributed by atoms with Crippen molar-refractivity contribution < 1.29 is 4.21 Å². The molecule has 0 radical (unpaired) electrons. The van der Waals surface area contributed by atoms with Crippen molar-refractivity contribution in [3.05, 3.63) is 0 Å². The fraction of sp³-hybridized carbons (Fsp3) is 1.00. The highest BCUT2D eigenvalue weighted by Crippen LogP contribution is 2.31.